The first-order valence-corrected chi connectivity index (χ1v) is 11.5. The molecule has 6 nitrogen and oxygen atoms in total. The predicted octanol–water partition coefficient (Wildman–Crippen LogP) is 6.36. The van der Waals surface area contributed by atoms with Crippen molar-refractivity contribution in [2.24, 2.45) is 0 Å². The smallest absolute Gasteiger partial charge is 0.272 e. The van der Waals surface area contributed by atoms with Gasteiger partial charge in [0.1, 0.15) is 22.9 Å². The first-order valence-electron chi connectivity index (χ1n) is 10.7. The molecule has 0 fully saturated rings. The van der Waals surface area contributed by atoms with Crippen LogP contribution in [0, 0.1) is 0 Å². The summed E-state index contributed by atoms with van der Waals surface area (Å²) in [6.45, 7) is 0. The summed E-state index contributed by atoms with van der Waals surface area (Å²) in [6.07, 6.45) is 1.57. The Hall–Kier alpha value is -4.36. The second-order valence-electron chi connectivity index (χ2n) is 7.48. The number of carbonyl (C=O) groups excluding carboxylic acids is 2. The first kappa shape index (κ1) is 23.8. The van der Waals surface area contributed by atoms with Crippen LogP contribution in [0.4, 0.5) is 5.69 Å². The quantitative estimate of drug-likeness (QED) is 0.243. The van der Waals surface area contributed by atoms with E-state index in [-0.39, 0.29) is 11.4 Å². The van der Waals surface area contributed by atoms with E-state index >= 15 is 0 Å². The molecule has 0 aliphatic rings. The molecular formula is C28H21BrN2O4. The zero-order valence-corrected chi connectivity index (χ0v) is 20.0. The highest BCUT2D eigenvalue weighted by Crippen LogP contribution is 2.29. The minimum Gasteiger partial charge on any atom is -0.508 e. The highest BCUT2D eigenvalue weighted by molar-refractivity contribution is 9.10. The van der Waals surface area contributed by atoms with Gasteiger partial charge >= 0.3 is 0 Å². The van der Waals surface area contributed by atoms with Crippen LogP contribution in [-0.2, 0) is 4.79 Å². The number of anilines is 1. The van der Waals surface area contributed by atoms with Crippen LogP contribution in [0.2, 0.25) is 0 Å². The molecule has 174 valence electrons. The van der Waals surface area contributed by atoms with E-state index in [0.717, 1.165) is 4.47 Å². The molecule has 0 saturated carbocycles. The Morgan fingerprint density at radius 2 is 1.54 bits per heavy atom. The molecule has 4 rings (SSSR count). The molecule has 0 aromatic heterocycles. The molecule has 3 N–H and O–H groups in total. The third kappa shape index (κ3) is 6.59. The lowest BCUT2D eigenvalue weighted by Gasteiger charge is -2.12. The van der Waals surface area contributed by atoms with Crippen molar-refractivity contribution in [2.45, 2.75) is 0 Å². The number of rotatable bonds is 7. The molecule has 0 radical (unpaired) electrons. The standard InChI is InChI=1S/C28H21BrN2O4/c29-24-11-4-5-12-26(24)35-23-15-13-19(14-16-23)17-25(31-27(33)20-7-2-1-3-8-20)28(34)30-21-9-6-10-22(32)18-21/h1-18,32H,(H,30,34)(H,31,33)/b25-17-. The van der Waals surface area contributed by atoms with Gasteiger partial charge in [0.2, 0.25) is 0 Å². The number of benzene rings is 4. The van der Waals surface area contributed by atoms with Crippen molar-refractivity contribution in [3.05, 3.63) is 124 Å². The number of hydrogen-bond acceptors (Lipinski definition) is 4. The van der Waals surface area contributed by atoms with Gasteiger partial charge < -0.3 is 20.5 Å². The molecular weight excluding hydrogens is 508 g/mol. The van der Waals surface area contributed by atoms with Crippen LogP contribution < -0.4 is 15.4 Å². The summed E-state index contributed by atoms with van der Waals surface area (Å²) in [6, 6.07) is 29.4. The third-order valence-electron chi connectivity index (χ3n) is 4.89. The number of para-hydroxylation sites is 1. The summed E-state index contributed by atoms with van der Waals surface area (Å²) in [5.41, 5.74) is 1.54. The zero-order valence-electron chi connectivity index (χ0n) is 18.4. The maximum Gasteiger partial charge on any atom is 0.272 e. The monoisotopic (exact) mass is 528 g/mol. The number of hydrogen-bond donors (Lipinski definition) is 3. The maximum absolute atomic E-state index is 13.0. The van der Waals surface area contributed by atoms with Gasteiger partial charge in [0, 0.05) is 17.3 Å². The van der Waals surface area contributed by atoms with E-state index in [9.17, 15) is 14.7 Å². The highest BCUT2D eigenvalue weighted by atomic mass is 79.9. The second kappa shape index (κ2) is 11.2. The molecule has 4 aromatic rings. The van der Waals surface area contributed by atoms with Gasteiger partial charge in [0.15, 0.2) is 0 Å². The van der Waals surface area contributed by atoms with E-state index in [4.69, 9.17) is 4.74 Å². The number of phenolic OH excluding ortho intramolecular Hbond substituents is 1. The summed E-state index contributed by atoms with van der Waals surface area (Å²) in [5.74, 6) is 0.359. The Balaban J connectivity index is 1.57. The summed E-state index contributed by atoms with van der Waals surface area (Å²) in [4.78, 5) is 25.8. The average Bonchev–Trinajstić information content (AvgIpc) is 2.86. The maximum atomic E-state index is 13.0. The lowest BCUT2D eigenvalue weighted by Crippen LogP contribution is -2.30. The number of aromatic hydroxyl groups is 1. The molecule has 0 heterocycles. The topological polar surface area (TPSA) is 87.7 Å². The molecule has 0 aliphatic carbocycles. The zero-order chi connectivity index (χ0) is 24.6. The third-order valence-corrected chi connectivity index (χ3v) is 5.54. The lowest BCUT2D eigenvalue weighted by molar-refractivity contribution is -0.113. The number of halogens is 1. The van der Waals surface area contributed by atoms with Gasteiger partial charge in [-0.2, -0.15) is 0 Å². The van der Waals surface area contributed by atoms with Crippen LogP contribution in [0.5, 0.6) is 17.2 Å². The average molecular weight is 529 g/mol. The lowest BCUT2D eigenvalue weighted by atomic mass is 10.1. The minimum absolute atomic E-state index is 0.0160. The number of phenols is 1. The van der Waals surface area contributed by atoms with Crippen molar-refractivity contribution in [1.29, 1.82) is 0 Å². The Morgan fingerprint density at radius 1 is 0.829 bits per heavy atom. The van der Waals surface area contributed by atoms with Gasteiger partial charge in [-0.3, -0.25) is 9.59 Å². The normalized spacial score (nSPS) is 10.9. The van der Waals surface area contributed by atoms with Crippen molar-refractivity contribution < 1.29 is 19.4 Å². The van der Waals surface area contributed by atoms with Gasteiger partial charge in [-0.15, -0.1) is 0 Å². The Labute approximate surface area is 211 Å². The van der Waals surface area contributed by atoms with E-state index in [1.165, 1.54) is 12.1 Å². The molecule has 35 heavy (non-hydrogen) atoms. The number of carbonyl (C=O) groups is 2. The van der Waals surface area contributed by atoms with E-state index < -0.39 is 11.8 Å². The summed E-state index contributed by atoms with van der Waals surface area (Å²) in [5, 5.41) is 15.1. The summed E-state index contributed by atoms with van der Waals surface area (Å²) < 4.78 is 6.72. The fourth-order valence-electron chi connectivity index (χ4n) is 3.18. The van der Waals surface area contributed by atoms with Crippen LogP contribution in [0.3, 0.4) is 0 Å². The molecule has 0 bridgehead atoms. The fourth-order valence-corrected chi connectivity index (χ4v) is 3.54. The summed E-state index contributed by atoms with van der Waals surface area (Å²) in [7, 11) is 0. The van der Waals surface area contributed by atoms with Crippen LogP contribution in [-0.4, -0.2) is 16.9 Å². The molecule has 0 atom stereocenters. The highest BCUT2D eigenvalue weighted by Gasteiger charge is 2.15. The Kier molecular flexibility index (Phi) is 7.60. The summed E-state index contributed by atoms with van der Waals surface area (Å²) >= 11 is 3.46. The van der Waals surface area contributed by atoms with Gasteiger partial charge in [-0.1, -0.05) is 48.5 Å². The SMILES string of the molecule is O=C(Nc1cccc(O)c1)/C(=C/c1ccc(Oc2ccccc2Br)cc1)NC(=O)c1ccccc1. The van der Waals surface area contributed by atoms with Crippen molar-refractivity contribution in [2.75, 3.05) is 5.32 Å². The molecule has 4 aromatic carbocycles. The Morgan fingerprint density at radius 3 is 2.26 bits per heavy atom. The van der Waals surface area contributed by atoms with Gasteiger partial charge in [-0.05, 0) is 76.1 Å². The van der Waals surface area contributed by atoms with Gasteiger partial charge in [0.05, 0.1) is 4.47 Å². The van der Waals surface area contributed by atoms with Crippen LogP contribution >= 0.6 is 15.9 Å². The predicted molar refractivity (Wildman–Crippen MR) is 139 cm³/mol. The van der Waals surface area contributed by atoms with Crippen LogP contribution in [0.15, 0.2) is 113 Å². The van der Waals surface area contributed by atoms with E-state index in [1.807, 2.05) is 24.3 Å². The Bertz CT molecular complexity index is 1370. The molecule has 0 spiro atoms. The van der Waals surface area contributed by atoms with Crippen molar-refractivity contribution in [1.82, 2.24) is 5.32 Å². The number of ether oxygens (including phenoxy) is 1. The van der Waals surface area contributed by atoms with Gasteiger partial charge in [-0.25, -0.2) is 0 Å². The molecule has 0 aliphatic heterocycles. The number of nitrogens with one attached hydrogen (secondary N) is 2. The van der Waals surface area contributed by atoms with E-state index in [1.54, 1.807) is 72.8 Å². The van der Waals surface area contributed by atoms with Crippen LogP contribution in [0.25, 0.3) is 6.08 Å². The minimum atomic E-state index is -0.534. The molecule has 0 unspecified atom stereocenters. The first-order chi connectivity index (χ1) is 17.0. The molecule has 2 amide bonds. The van der Waals surface area contributed by atoms with E-state index in [2.05, 4.69) is 26.6 Å². The largest absolute Gasteiger partial charge is 0.508 e. The fraction of sp³-hybridized carbons (Fsp3) is 0. The van der Waals surface area contributed by atoms with Crippen LogP contribution in [0.1, 0.15) is 15.9 Å². The number of amides is 2. The molecule has 7 heteroatoms. The van der Waals surface area contributed by atoms with Crippen molar-refractivity contribution in [3.8, 4) is 17.2 Å². The van der Waals surface area contributed by atoms with Crippen molar-refractivity contribution >= 4 is 39.5 Å². The van der Waals surface area contributed by atoms with Crippen molar-refractivity contribution in [3.63, 3.8) is 0 Å². The van der Waals surface area contributed by atoms with E-state index in [0.29, 0.717) is 28.3 Å². The molecule has 0 saturated heterocycles. The second-order valence-corrected chi connectivity index (χ2v) is 8.34. The van der Waals surface area contributed by atoms with Gasteiger partial charge in [0.25, 0.3) is 11.8 Å².